The number of fused-ring (bicyclic) bond motifs is 1. The van der Waals surface area contributed by atoms with Crippen LogP contribution < -0.4 is 15.4 Å². The molecule has 9 heteroatoms. The number of benzene rings is 2. The number of nitrogens with zero attached hydrogens (tertiary/aromatic N) is 3. The van der Waals surface area contributed by atoms with E-state index in [1.807, 2.05) is 31.2 Å². The first kappa shape index (κ1) is 21.8. The molecule has 0 saturated carbocycles. The van der Waals surface area contributed by atoms with Crippen LogP contribution in [0.4, 0.5) is 0 Å². The summed E-state index contributed by atoms with van der Waals surface area (Å²) in [5, 5.41) is 6.52. The maximum absolute atomic E-state index is 12.0. The fourth-order valence-corrected chi connectivity index (χ4v) is 4.07. The standard InChI is InChI=1S/C21H28N6O2S/c1-16-26-19-10-4-5-11-20(19)27(16)13-7-12-24-21(22-2)25-15-17-8-6-9-18(14-17)30(28,29)23-3/h4-6,8-11,14,23H,7,12-13,15H2,1-3H3,(H2,22,24,25). The van der Waals surface area contributed by atoms with Crippen molar-refractivity contribution in [2.75, 3.05) is 20.6 Å². The molecule has 0 bridgehead atoms. The molecule has 30 heavy (non-hydrogen) atoms. The highest BCUT2D eigenvalue weighted by Gasteiger charge is 2.11. The van der Waals surface area contributed by atoms with Crippen molar-refractivity contribution in [3.8, 4) is 0 Å². The van der Waals surface area contributed by atoms with Gasteiger partial charge in [0.1, 0.15) is 5.82 Å². The van der Waals surface area contributed by atoms with E-state index in [1.54, 1.807) is 25.2 Å². The lowest BCUT2D eigenvalue weighted by Crippen LogP contribution is -2.37. The zero-order chi connectivity index (χ0) is 21.6. The normalized spacial score (nSPS) is 12.3. The van der Waals surface area contributed by atoms with E-state index < -0.39 is 10.0 Å². The quantitative estimate of drug-likeness (QED) is 0.289. The van der Waals surface area contributed by atoms with E-state index in [1.165, 1.54) is 7.05 Å². The number of hydrogen-bond acceptors (Lipinski definition) is 4. The third-order valence-corrected chi connectivity index (χ3v) is 6.27. The molecule has 0 spiro atoms. The Kier molecular flexibility index (Phi) is 7.07. The van der Waals surface area contributed by atoms with Crippen LogP contribution in [0.2, 0.25) is 0 Å². The molecule has 0 fully saturated rings. The van der Waals surface area contributed by atoms with Gasteiger partial charge in [-0.25, -0.2) is 18.1 Å². The number of rotatable bonds is 8. The van der Waals surface area contributed by atoms with E-state index in [0.717, 1.165) is 41.9 Å². The molecule has 3 rings (SSSR count). The summed E-state index contributed by atoms with van der Waals surface area (Å²) < 4.78 is 28.5. The van der Waals surface area contributed by atoms with Crippen LogP contribution in [0.5, 0.6) is 0 Å². The molecule has 3 N–H and O–H groups in total. The van der Waals surface area contributed by atoms with Crippen LogP contribution in [0, 0.1) is 6.92 Å². The van der Waals surface area contributed by atoms with Gasteiger partial charge in [-0.05, 0) is 50.2 Å². The van der Waals surface area contributed by atoms with E-state index in [2.05, 4.69) is 36.0 Å². The first-order valence-electron chi connectivity index (χ1n) is 9.83. The van der Waals surface area contributed by atoms with Crippen LogP contribution in [-0.2, 0) is 23.1 Å². The average molecular weight is 429 g/mol. The number of para-hydroxylation sites is 2. The summed E-state index contributed by atoms with van der Waals surface area (Å²) in [7, 11) is -0.338. The monoisotopic (exact) mass is 428 g/mol. The van der Waals surface area contributed by atoms with Crippen molar-refractivity contribution in [2.24, 2.45) is 4.99 Å². The highest BCUT2D eigenvalue weighted by Crippen LogP contribution is 2.15. The predicted molar refractivity (Wildman–Crippen MR) is 120 cm³/mol. The molecule has 0 aliphatic rings. The molecule has 8 nitrogen and oxygen atoms in total. The summed E-state index contributed by atoms with van der Waals surface area (Å²) in [6.45, 7) is 4.11. The number of aromatic nitrogens is 2. The van der Waals surface area contributed by atoms with Crippen LogP contribution in [-0.4, -0.2) is 44.6 Å². The Labute approximate surface area is 177 Å². The van der Waals surface area contributed by atoms with E-state index in [4.69, 9.17) is 0 Å². The Morgan fingerprint density at radius 1 is 1.13 bits per heavy atom. The van der Waals surface area contributed by atoms with Gasteiger partial charge in [0.25, 0.3) is 0 Å². The Morgan fingerprint density at radius 2 is 1.93 bits per heavy atom. The number of nitrogens with one attached hydrogen (secondary N) is 3. The van der Waals surface area contributed by atoms with E-state index in [-0.39, 0.29) is 4.90 Å². The third kappa shape index (κ3) is 5.17. The van der Waals surface area contributed by atoms with Crippen molar-refractivity contribution in [3.63, 3.8) is 0 Å². The molecule has 0 aliphatic heterocycles. The largest absolute Gasteiger partial charge is 0.356 e. The zero-order valence-corrected chi connectivity index (χ0v) is 18.3. The van der Waals surface area contributed by atoms with E-state index >= 15 is 0 Å². The summed E-state index contributed by atoms with van der Waals surface area (Å²) in [6.07, 6.45) is 0.914. The summed E-state index contributed by atoms with van der Waals surface area (Å²) in [5.41, 5.74) is 3.02. The van der Waals surface area contributed by atoms with Gasteiger partial charge in [-0.1, -0.05) is 24.3 Å². The molecule has 1 heterocycles. The Morgan fingerprint density at radius 3 is 2.70 bits per heavy atom. The summed E-state index contributed by atoms with van der Waals surface area (Å²) >= 11 is 0. The molecule has 2 aromatic carbocycles. The molecule has 0 atom stereocenters. The molecule has 0 saturated heterocycles. The topological polar surface area (TPSA) is 100 Å². The Hall–Kier alpha value is -2.91. The predicted octanol–water partition coefficient (Wildman–Crippen LogP) is 2.01. The molecule has 0 radical (unpaired) electrons. The van der Waals surface area contributed by atoms with Crippen LogP contribution >= 0.6 is 0 Å². The molecular formula is C21H28N6O2S. The van der Waals surface area contributed by atoms with Crippen molar-refractivity contribution in [1.29, 1.82) is 0 Å². The first-order chi connectivity index (χ1) is 14.4. The number of guanidine groups is 1. The van der Waals surface area contributed by atoms with Crippen molar-refractivity contribution >= 4 is 27.0 Å². The van der Waals surface area contributed by atoms with Crippen LogP contribution in [0.1, 0.15) is 17.8 Å². The molecule has 1 aromatic heterocycles. The summed E-state index contributed by atoms with van der Waals surface area (Å²) in [6, 6.07) is 15.0. The molecular weight excluding hydrogens is 400 g/mol. The van der Waals surface area contributed by atoms with Gasteiger partial charge in [0.2, 0.25) is 10.0 Å². The van der Waals surface area contributed by atoms with Gasteiger partial charge >= 0.3 is 0 Å². The minimum absolute atomic E-state index is 0.246. The minimum Gasteiger partial charge on any atom is -0.356 e. The average Bonchev–Trinajstić information content (AvgIpc) is 3.08. The van der Waals surface area contributed by atoms with Crippen molar-refractivity contribution in [1.82, 2.24) is 24.9 Å². The zero-order valence-electron chi connectivity index (χ0n) is 17.5. The number of sulfonamides is 1. The van der Waals surface area contributed by atoms with Gasteiger partial charge in [0, 0.05) is 26.7 Å². The maximum Gasteiger partial charge on any atom is 0.240 e. The fourth-order valence-electron chi connectivity index (χ4n) is 3.27. The molecule has 0 amide bonds. The van der Waals surface area contributed by atoms with Crippen LogP contribution in [0.25, 0.3) is 11.0 Å². The lowest BCUT2D eigenvalue weighted by atomic mass is 10.2. The fraction of sp³-hybridized carbons (Fsp3) is 0.333. The number of aryl methyl sites for hydroxylation is 2. The van der Waals surface area contributed by atoms with Crippen LogP contribution in [0.15, 0.2) is 58.4 Å². The highest BCUT2D eigenvalue weighted by atomic mass is 32.2. The molecule has 0 aliphatic carbocycles. The summed E-state index contributed by atoms with van der Waals surface area (Å²) in [5.74, 6) is 1.68. The molecule has 3 aromatic rings. The van der Waals surface area contributed by atoms with Crippen LogP contribution in [0.3, 0.4) is 0 Å². The Bertz CT molecular complexity index is 1140. The molecule has 0 unspecified atom stereocenters. The first-order valence-corrected chi connectivity index (χ1v) is 11.3. The highest BCUT2D eigenvalue weighted by molar-refractivity contribution is 7.89. The summed E-state index contributed by atoms with van der Waals surface area (Å²) in [4.78, 5) is 9.08. The van der Waals surface area contributed by atoms with Crippen molar-refractivity contribution < 1.29 is 8.42 Å². The number of hydrogen-bond donors (Lipinski definition) is 3. The maximum atomic E-state index is 12.0. The second kappa shape index (κ2) is 9.73. The minimum atomic E-state index is -3.45. The third-order valence-electron chi connectivity index (χ3n) is 4.86. The second-order valence-corrected chi connectivity index (χ2v) is 8.75. The van der Waals surface area contributed by atoms with Gasteiger partial charge in [0.15, 0.2) is 5.96 Å². The molecule has 160 valence electrons. The SMILES string of the molecule is CN=C(NCCCn1c(C)nc2ccccc21)NCc1cccc(S(=O)(=O)NC)c1. The van der Waals surface area contributed by atoms with Gasteiger partial charge < -0.3 is 15.2 Å². The number of imidazole rings is 1. The van der Waals surface area contributed by atoms with Gasteiger partial charge in [-0.2, -0.15) is 0 Å². The van der Waals surface area contributed by atoms with Crippen molar-refractivity contribution in [2.45, 2.75) is 31.3 Å². The smallest absolute Gasteiger partial charge is 0.240 e. The van der Waals surface area contributed by atoms with E-state index in [0.29, 0.717) is 12.5 Å². The van der Waals surface area contributed by atoms with E-state index in [9.17, 15) is 8.42 Å². The lowest BCUT2D eigenvalue weighted by Gasteiger charge is -2.13. The van der Waals surface area contributed by atoms with Crippen molar-refractivity contribution in [3.05, 3.63) is 59.9 Å². The lowest BCUT2D eigenvalue weighted by molar-refractivity contribution is 0.588. The Balaban J connectivity index is 1.51. The van der Waals surface area contributed by atoms with Gasteiger partial charge in [-0.3, -0.25) is 4.99 Å². The second-order valence-electron chi connectivity index (χ2n) is 6.86. The number of aliphatic imine (C=N–C) groups is 1. The van der Waals surface area contributed by atoms with Gasteiger partial charge in [-0.15, -0.1) is 0 Å². The van der Waals surface area contributed by atoms with Gasteiger partial charge in [0.05, 0.1) is 15.9 Å².